The van der Waals surface area contributed by atoms with Gasteiger partial charge in [0.05, 0.1) is 0 Å². The minimum atomic E-state index is -0.162. The van der Waals surface area contributed by atoms with E-state index >= 15 is 0 Å². The smallest absolute Gasteiger partial charge is 0.154 e. The van der Waals surface area contributed by atoms with Crippen LogP contribution in [0.15, 0.2) is 60.7 Å². The van der Waals surface area contributed by atoms with Gasteiger partial charge in [0, 0.05) is 11.1 Å². The van der Waals surface area contributed by atoms with Crippen molar-refractivity contribution in [1.82, 2.24) is 0 Å². The summed E-state index contributed by atoms with van der Waals surface area (Å²) >= 11 is 0. The molecule has 2 nitrogen and oxygen atoms in total. The first kappa shape index (κ1) is 12.4. The first-order valence-electron chi connectivity index (χ1n) is 6.91. The fourth-order valence-electron chi connectivity index (χ4n) is 2.98. The third-order valence-corrected chi connectivity index (χ3v) is 4.24. The molecule has 1 aliphatic rings. The molecule has 98 valence electrons. The van der Waals surface area contributed by atoms with E-state index in [-0.39, 0.29) is 6.10 Å². The normalized spacial score (nSPS) is 26.2. The largest absolute Gasteiger partial charge is 0.381 e. The lowest BCUT2D eigenvalue weighted by molar-refractivity contribution is -0.997. The summed E-state index contributed by atoms with van der Waals surface area (Å²) in [4.78, 5) is 1.45. The third-order valence-electron chi connectivity index (χ3n) is 4.24. The Hall–Kier alpha value is -1.64. The first-order chi connectivity index (χ1) is 9.27. The molecule has 0 spiro atoms. The summed E-state index contributed by atoms with van der Waals surface area (Å²) in [6.07, 6.45) is -0.162. The van der Waals surface area contributed by atoms with Gasteiger partial charge >= 0.3 is 0 Å². The van der Waals surface area contributed by atoms with Crippen molar-refractivity contribution in [3.63, 3.8) is 0 Å². The van der Waals surface area contributed by atoms with E-state index in [0.717, 1.165) is 6.54 Å². The second kappa shape index (κ2) is 5.16. The summed E-state index contributed by atoms with van der Waals surface area (Å²) in [5, 5.41) is 9.81. The zero-order valence-electron chi connectivity index (χ0n) is 11.2. The maximum atomic E-state index is 9.81. The van der Waals surface area contributed by atoms with Crippen LogP contribution in [0.25, 0.3) is 0 Å². The van der Waals surface area contributed by atoms with Gasteiger partial charge in [-0.25, -0.2) is 0 Å². The minimum Gasteiger partial charge on any atom is -0.381 e. The Bertz CT molecular complexity index is 486. The van der Waals surface area contributed by atoms with Gasteiger partial charge in [0.1, 0.15) is 18.6 Å². The number of rotatable bonds is 3. The van der Waals surface area contributed by atoms with Crippen molar-refractivity contribution in [3.8, 4) is 0 Å². The van der Waals surface area contributed by atoms with E-state index in [1.807, 2.05) is 0 Å². The second-order valence-corrected chi connectivity index (χ2v) is 5.39. The van der Waals surface area contributed by atoms with Crippen molar-refractivity contribution in [2.45, 2.75) is 25.1 Å². The zero-order valence-corrected chi connectivity index (χ0v) is 11.2. The molecule has 19 heavy (non-hydrogen) atoms. The molecule has 0 aliphatic carbocycles. The van der Waals surface area contributed by atoms with Gasteiger partial charge in [-0.15, -0.1) is 0 Å². The Labute approximate surface area is 114 Å². The number of hydrogen-bond acceptors (Lipinski definition) is 1. The molecule has 3 rings (SSSR count). The quantitative estimate of drug-likeness (QED) is 0.851. The molecule has 2 aromatic rings. The molecule has 1 heterocycles. The molecule has 1 aliphatic heterocycles. The molecule has 0 amide bonds. The van der Waals surface area contributed by atoms with Crippen LogP contribution >= 0.6 is 0 Å². The van der Waals surface area contributed by atoms with Crippen LogP contribution in [-0.2, 0) is 0 Å². The molecular weight excluding hydrogens is 234 g/mol. The minimum absolute atomic E-state index is 0.162. The van der Waals surface area contributed by atoms with E-state index in [2.05, 4.69) is 67.6 Å². The predicted molar refractivity (Wildman–Crippen MR) is 76.0 cm³/mol. The number of quaternary nitrogens is 1. The zero-order chi connectivity index (χ0) is 13.2. The Balaban J connectivity index is 1.97. The molecule has 2 aromatic carbocycles. The number of aliphatic hydroxyl groups is 1. The Morgan fingerprint density at radius 2 is 1.42 bits per heavy atom. The van der Waals surface area contributed by atoms with Gasteiger partial charge in [-0.3, -0.25) is 0 Å². The second-order valence-electron chi connectivity index (χ2n) is 5.39. The Kier molecular flexibility index (Phi) is 3.36. The summed E-state index contributed by atoms with van der Waals surface area (Å²) in [7, 11) is 0. The summed E-state index contributed by atoms with van der Waals surface area (Å²) in [6.45, 7) is 2.96. The molecule has 1 unspecified atom stereocenters. The van der Waals surface area contributed by atoms with Crippen molar-refractivity contribution in [1.29, 1.82) is 0 Å². The monoisotopic (exact) mass is 254 g/mol. The highest BCUT2D eigenvalue weighted by Gasteiger charge is 2.44. The molecule has 0 radical (unpaired) electrons. The molecule has 0 saturated carbocycles. The number of hydrogen-bond donors (Lipinski definition) is 2. The van der Waals surface area contributed by atoms with E-state index in [4.69, 9.17) is 0 Å². The highest BCUT2D eigenvalue weighted by atomic mass is 16.3. The van der Waals surface area contributed by atoms with Crippen molar-refractivity contribution in [2.24, 2.45) is 0 Å². The van der Waals surface area contributed by atoms with Crippen LogP contribution in [0, 0.1) is 0 Å². The van der Waals surface area contributed by atoms with Gasteiger partial charge < -0.3 is 10.0 Å². The van der Waals surface area contributed by atoms with Crippen molar-refractivity contribution >= 4 is 0 Å². The van der Waals surface area contributed by atoms with Crippen LogP contribution in [0.5, 0.6) is 0 Å². The summed E-state index contributed by atoms with van der Waals surface area (Å²) in [6, 6.07) is 21.8. The molecule has 0 aromatic heterocycles. The predicted octanol–water partition coefficient (Wildman–Crippen LogP) is 1.42. The highest BCUT2D eigenvalue weighted by molar-refractivity contribution is 5.29. The number of aliphatic hydroxyl groups excluding tert-OH is 1. The lowest BCUT2D eigenvalue weighted by Gasteiger charge is -2.44. The summed E-state index contributed by atoms with van der Waals surface area (Å²) < 4.78 is 0. The average molecular weight is 254 g/mol. The lowest BCUT2D eigenvalue weighted by atomic mass is 9.90. The van der Waals surface area contributed by atoms with Crippen LogP contribution in [0.2, 0.25) is 0 Å². The van der Waals surface area contributed by atoms with E-state index in [1.54, 1.807) is 0 Å². The summed E-state index contributed by atoms with van der Waals surface area (Å²) in [5.41, 5.74) is 2.64. The van der Waals surface area contributed by atoms with Crippen LogP contribution in [0.1, 0.15) is 24.1 Å². The lowest BCUT2D eigenvalue weighted by Crippen LogP contribution is -3.25. The van der Waals surface area contributed by atoms with Gasteiger partial charge in [-0.1, -0.05) is 60.7 Å². The SMILES string of the molecule is C[C@H]1[C@H](O)C[NH+]1C(c1ccccc1)c1ccccc1. The average Bonchev–Trinajstić information content (AvgIpc) is 2.49. The van der Waals surface area contributed by atoms with Crippen molar-refractivity contribution < 1.29 is 10.0 Å². The van der Waals surface area contributed by atoms with Gasteiger partial charge in [-0.05, 0) is 6.92 Å². The molecule has 0 bridgehead atoms. The summed E-state index contributed by atoms with van der Waals surface area (Å²) in [5.74, 6) is 0. The Morgan fingerprint density at radius 3 is 1.79 bits per heavy atom. The topological polar surface area (TPSA) is 24.7 Å². The van der Waals surface area contributed by atoms with E-state index in [0.29, 0.717) is 12.1 Å². The van der Waals surface area contributed by atoms with E-state index < -0.39 is 0 Å². The van der Waals surface area contributed by atoms with Crippen LogP contribution < -0.4 is 4.90 Å². The number of benzene rings is 2. The van der Waals surface area contributed by atoms with Gasteiger partial charge in [0.2, 0.25) is 0 Å². The molecule has 1 saturated heterocycles. The highest BCUT2D eigenvalue weighted by Crippen LogP contribution is 2.21. The van der Waals surface area contributed by atoms with Gasteiger partial charge in [-0.2, -0.15) is 0 Å². The molecule has 3 atom stereocenters. The number of nitrogens with one attached hydrogen (secondary N) is 1. The first-order valence-corrected chi connectivity index (χ1v) is 6.91. The molecular formula is C17H20NO+. The van der Waals surface area contributed by atoms with Crippen LogP contribution in [-0.4, -0.2) is 23.8 Å². The Morgan fingerprint density at radius 1 is 0.947 bits per heavy atom. The van der Waals surface area contributed by atoms with Crippen molar-refractivity contribution in [3.05, 3.63) is 71.8 Å². The maximum absolute atomic E-state index is 9.81. The van der Waals surface area contributed by atoms with Gasteiger partial charge in [0.15, 0.2) is 6.10 Å². The van der Waals surface area contributed by atoms with Gasteiger partial charge in [0.25, 0.3) is 0 Å². The van der Waals surface area contributed by atoms with Crippen molar-refractivity contribution in [2.75, 3.05) is 6.54 Å². The molecule has 1 fully saturated rings. The van der Waals surface area contributed by atoms with Crippen LogP contribution in [0.3, 0.4) is 0 Å². The third kappa shape index (κ3) is 2.29. The number of likely N-dealkylation sites (tertiary alicyclic amines) is 1. The molecule has 2 N–H and O–H groups in total. The fourth-order valence-corrected chi connectivity index (χ4v) is 2.98. The van der Waals surface area contributed by atoms with Crippen LogP contribution in [0.4, 0.5) is 0 Å². The van der Waals surface area contributed by atoms with E-state index in [9.17, 15) is 5.11 Å². The fraction of sp³-hybridized carbons (Fsp3) is 0.294. The maximum Gasteiger partial charge on any atom is 0.154 e. The standard InChI is InChI=1S/C17H19NO/c1-13-16(19)12-18(13)17(14-8-4-2-5-9-14)15-10-6-3-7-11-15/h2-11,13,16-17,19H,12H2,1H3/p+1/t13-,16+/m0/s1. The van der Waals surface area contributed by atoms with E-state index in [1.165, 1.54) is 16.0 Å². The molecule has 2 heteroatoms.